The number of aliphatic hydroxyl groups is 1. The normalized spacial score (nSPS) is 55.0. The minimum Gasteiger partial charge on any atom is -0.452 e. The van der Waals surface area contributed by atoms with Crippen molar-refractivity contribution in [2.45, 2.75) is 68.4 Å². The first-order valence-electron chi connectivity index (χ1n) is 7.53. The number of hydrogen-bond donors (Lipinski definition) is 1. The van der Waals surface area contributed by atoms with Crippen LogP contribution in [0.15, 0.2) is 11.1 Å². The number of esters is 2. The summed E-state index contributed by atoms with van der Waals surface area (Å²) in [7, 11) is 0. The molecular formula is C15H16O7. The number of epoxide rings is 2. The number of carbonyl (C=O) groups is 2. The highest BCUT2D eigenvalue weighted by molar-refractivity contribution is 5.94. The third-order valence-corrected chi connectivity index (χ3v) is 5.68. The summed E-state index contributed by atoms with van der Waals surface area (Å²) in [6, 6.07) is 0. The number of ether oxygens (including phenoxy) is 4. The molecule has 3 saturated heterocycles. The van der Waals surface area contributed by atoms with E-state index >= 15 is 0 Å². The molecule has 5 aliphatic rings. The number of hydrogen-bond acceptors (Lipinski definition) is 7. The predicted octanol–water partition coefficient (Wildman–Crippen LogP) is -0.0473. The molecule has 0 aromatic heterocycles. The third kappa shape index (κ3) is 1.33. The summed E-state index contributed by atoms with van der Waals surface area (Å²) < 4.78 is 22.0. The summed E-state index contributed by atoms with van der Waals surface area (Å²) in [6.45, 7) is 3.45. The van der Waals surface area contributed by atoms with Crippen molar-refractivity contribution in [1.82, 2.24) is 0 Å². The van der Waals surface area contributed by atoms with Crippen molar-refractivity contribution in [1.29, 1.82) is 0 Å². The maximum absolute atomic E-state index is 12.2. The van der Waals surface area contributed by atoms with Crippen molar-refractivity contribution in [3.8, 4) is 0 Å². The predicted molar refractivity (Wildman–Crippen MR) is 68.4 cm³/mol. The standard InChI is InChI=1S/C15H16O7/c1-6-8-9-10-14(21-10,12(17)19-9)4-3-7-13(2,20-7)5-15(8,18)22-11(6)16/h7,9-10,18H,3-5H2,1-2H3. The molecule has 7 nitrogen and oxygen atoms in total. The summed E-state index contributed by atoms with van der Waals surface area (Å²) in [5.74, 6) is -2.81. The maximum Gasteiger partial charge on any atom is 0.342 e. The molecule has 4 fully saturated rings. The van der Waals surface area contributed by atoms with Crippen molar-refractivity contribution >= 4 is 11.9 Å². The molecule has 2 bridgehead atoms. The highest BCUT2D eigenvalue weighted by atomic mass is 16.7. The Bertz CT molecular complexity index is 669. The Labute approximate surface area is 126 Å². The smallest absolute Gasteiger partial charge is 0.342 e. The second-order valence-electron chi connectivity index (χ2n) is 7.10. The zero-order valence-electron chi connectivity index (χ0n) is 12.3. The van der Waals surface area contributed by atoms with Gasteiger partial charge in [0.2, 0.25) is 5.79 Å². The van der Waals surface area contributed by atoms with E-state index < -0.39 is 41.1 Å². The van der Waals surface area contributed by atoms with Gasteiger partial charge in [-0.05, 0) is 26.7 Å². The van der Waals surface area contributed by atoms with Crippen LogP contribution >= 0.6 is 0 Å². The highest BCUT2D eigenvalue weighted by Gasteiger charge is 2.77. The van der Waals surface area contributed by atoms with Gasteiger partial charge in [-0.1, -0.05) is 0 Å². The Morgan fingerprint density at radius 1 is 1.27 bits per heavy atom. The van der Waals surface area contributed by atoms with Crippen LogP contribution in [-0.2, 0) is 28.5 Å². The van der Waals surface area contributed by atoms with E-state index in [9.17, 15) is 14.7 Å². The molecule has 0 aromatic carbocycles. The third-order valence-electron chi connectivity index (χ3n) is 5.68. The van der Waals surface area contributed by atoms with Crippen LogP contribution in [0, 0.1) is 0 Å². The molecular weight excluding hydrogens is 292 g/mol. The molecule has 1 saturated carbocycles. The first-order chi connectivity index (χ1) is 10.3. The van der Waals surface area contributed by atoms with Crippen molar-refractivity contribution in [3.05, 3.63) is 11.1 Å². The maximum atomic E-state index is 12.2. The van der Waals surface area contributed by atoms with Crippen LogP contribution in [0.25, 0.3) is 0 Å². The van der Waals surface area contributed by atoms with Gasteiger partial charge in [0, 0.05) is 12.0 Å². The Morgan fingerprint density at radius 3 is 2.77 bits per heavy atom. The molecule has 0 radical (unpaired) electrons. The van der Waals surface area contributed by atoms with Gasteiger partial charge in [-0.15, -0.1) is 0 Å². The fourth-order valence-electron chi connectivity index (χ4n) is 4.34. The molecule has 1 aliphatic carbocycles. The molecule has 4 aliphatic heterocycles. The largest absolute Gasteiger partial charge is 0.452 e. The van der Waals surface area contributed by atoms with E-state index in [2.05, 4.69) is 0 Å². The lowest BCUT2D eigenvalue weighted by atomic mass is 9.83. The average molecular weight is 308 g/mol. The van der Waals surface area contributed by atoms with Gasteiger partial charge >= 0.3 is 11.9 Å². The molecule has 0 amide bonds. The van der Waals surface area contributed by atoms with Gasteiger partial charge in [-0.2, -0.15) is 0 Å². The van der Waals surface area contributed by atoms with E-state index in [-0.39, 0.29) is 18.1 Å². The van der Waals surface area contributed by atoms with Crippen molar-refractivity contribution in [2.75, 3.05) is 0 Å². The lowest BCUT2D eigenvalue weighted by molar-refractivity contribution is -0.192. The van der Waals surface area contributed by atoms with Gasteiger partial charge in [0.1, 0.15) is 6.10 Å². The summed E-state index contributed by atoms with van der Waals surface area (Å²) >= 11 is 0. The highest BCUT2D eigenvalue weighted by Crippen LogP contribution is 2.59. The van der Waals surface area contributed by atoms with E-state index in [1.54, 1.807) is 6.92 Å². The van der Waals surface area contributed by atoms with E-state index in [1.807, 2.05) is 6.92 Å². The molecule has 5 rings (SSSR count). The molecule has 6 atom stereocenters. The van der Waals surface area contributed by atoms with Crippen molar-refractivity contribution in [3.63, 3.8) is 0 Å². The second-order valence-corrected chi connectivity index (χ2v) is 7.10. The van der Waals surface area contributed by atoms with Gasteiger partial charge in [0.15, 0.2) is 11.7 Å². The molecule has 0 spiro atoms. The Hall–Kier alpha value is -1.44. The SMILES string of the molecule is CC1=C2C3OC(=O)C4(CCC5OC5(C)CC2(O)OC1=O)OC34. The fourth-order valence-corrected chi connectivity index (χ4v) is 4.34. The zero-order valence-corrected chi connectivity index (χ0v) is 12.3. The van der Waals surface area contributed by atoms with Gasteiger partial charge in [0.05, 0.1) is 17.3 Å². The lowest BCUT2D eigenvalue weighted by Crippen LogP contribution is -2.42. The van der Waals surface area contributed by atoms with Gasteiger partial charge < -0.3 is 24.1 Å². The summed E-state index contributed by atoms with van der Waals surface area (Å²) in [5, 5.41) is 10.9. The molecule has 22 heavy (non-hydrogen) atoms. The first kappa shape index (κ1) is 13.0. The van der Waals surface area contributed by atoms with Crippen molar-refractivity contribution in [2.24, 2.45) is 0 Å². The monoisotopic (exact) mass is 308 g/mol. The molecule has 6 unspecified atom stereocenters. The van der Waals surface area contributed by atoms with Crippen molar-refractivity contribution < 1.29 is 33.6 Å². The van der Waals surface area contributed by atoms with Crippen LogP contribution in [0.4, 0.5) is 0 Å². The minimum absolute atomic E-state index is 0.0819. The summed E-state index contributed by atoms with van der Waals surface area (Å²) in [6.07, 6.45) is 0.0269. The van der Waals surface area contributed by atoms with Gasteiger partial charge in [-0.25, -0.2) is 9.59 Å². The fraction of sp³-hybridized carbons (Fsp3) is 0.733. The Kier molecular flexibility index (Phi) is 2.01. The number of carbonyl (C=O) groups excluding carboxylic acids is 2. The molecule has 4 heterocycles. The van der Waals surface area contributed by atoms with Crippen LogP contribution in [-0.4, -0.2) is 52.3 Å². The van der Waals surface area contributed by atoms with Crippen LogP contribution in [0.5, 0.6) is 0 Å². The average Bonchev–Trinajstić information content (AvgIpc) is 3.25. The Balaban J connectivity index is 1.65. The molecule has 0 aromatic rings. The molecule has 7 heteroatoms. The van der Waals surface area contributed by atoms with E-state index in [0.29, 0.717) is 18.4 Å². The van der Waals surface area contributed by atoms with E-state index in [4.69, 9.17) is 18.9 Å². The van der Waals surface area contributed by atoms with E-state index in [1.165, 1.54) is 0 Å². The Morgan fingerprint density at radius 2 is 2.05 bits per heavy atom. The summed E-state index contributed by atoms with van der Waals surface area (Å²) in [4.78, 5) is 24.2. The number of fused-ring (bicyclic) bond motifs is 3. The van der Waals surface area contributed by atoms with Gasteiger partial charge in [-0.3, -0.25) is 0 Å². The topological polar surface area (TPSA) is 97.9 Å². The number of rotatable bonds is 0. The molecule has 1 N–H and O–H groups in total. The quantitative estimate of drug-likeness (QED) is 0.495. The zero-order chi connectivity index (χ0) is 15.5. The van der Waals surface area contributed by atoms with E-state index in [0.717, 1.165) is 0 Å². The van der Waals surface area contributed by atoms with Crippen LogP contribution in [0.2, 0.25) is 0 Å². The van der Waals surface area contributed by atoms with Gasteiger partial charge in [0.25, 0.3) is 0 Å². The minimum atomic E-state index is -1.80. The second kappa shape index (κ2) is 3.39. The lowest BCUT2D eigenvalue weighted by Gasteiger charge is -2.29. The summed E-state index contributed by atoms with van der Waals surface area (Å²) in [5.41, 5.74) is -0.902. The first-order valence-corrected chi connectivity index (χ1v) is 7.53. The van der Waals surface area contributed by atoms with Crippen LogP contribution in [0.1, 0.15) is 33.1 Å². The molecule has 118 valence electrons. The van der Waals surface area contributed by atoms with Crippen LogP contribution < -0.4 is 0 Å². The van der Waals surface area contributed by atoms with Crippen LogP contribution in [0.3, 0.4) is 0 Å².